The molecule has 2 aromatic rings. The van der Waals surface area contributed by atoms with Crippen molar-refractivity contribution in [2.45, 2.75) is 17.9 Å². The predicted molar refractivity (Wildman–Crippen MR) is 86.4 cm³/mol. The van der Waals surface area contributed by atoms with Crippen molar-refractivity contribution in [2.24, 2.45) is 0 Å². The highest BCUT2D eigenvalue weighted by Crippen LogP contribution is 2.11. The highest BCUT2D eigenvalue weighted by Gasteiger charge is 2.17. The molecule has 0 amide bonds. The number of benzene rings is 2. The first-order valence-corrected chi connectivity index (χ1v) is 8.21. The normalized spacial score (nSPS) is 12.9. The Hall–Kier alpha value is -2.42. The van der Waals surface area contributed by atoms with Crippen LogP contribution in [0.15, 0.2) is 65.6 Å². The minimum atomic E-state index is -3.72. The fourth-order valence-corrected chi connectivity index (χ4v) is 2.93. The van der Waals surface area contributed by atoms with Crippen LogP contribution < -0.4 is 4.72 Å². The first-order chi connectivity index (χ1) is 10.5. The van der Waals surface area contributed by atoms with Crippen LogP contribution in [0.2, 0.25) is 0 Å². The molecule has 0 radical (unpaired) electrons. The van der Waals surface area contributed by atoms with Gasteiger partial charge in [0.2, 0.25) is 10.0 Å². The van der Waals surface area contributed by atoms with Gasteiger partial charge in [-0.15, -0.1) is 0 Å². The van der Waals surface area contributed by atoms with Crippen molar-refractivity contribution >= 4 is 16.1 Å². The Morgan fingerprint density at radius 1 is 1.09 bits per heavy atom. The standard InChI is InChI=1S/C17H16N2O2S/c1-14-7-11-17(12-8-14)22(20,21)19-16(13-18)10-9-15-5-3-2-4-6-15/h2-12,16,19H,1H3/b10-9+. The average Bonchev–Trinajstić information content (AvgIpc) is 2.52. The number of nitrogens with zero attached hydrogens (tertiary/aromatic N) is 1. The Balaban J connectivity index is 2.14. The van der Waals surface area contributed by atoms with Crippen molar-refractivity contribution in [3.63, 3.8) is 0 Å². The summed E-state index contributed by atoms with van der Waals surface area (Å²) in [5, 5.41) is 9.13. The van der Waals surface area contributed by atoms with E-state index in [4.69, 9.17) is 5.26 Å². The number of hydrogen-bond acceptors (Lipinski definition) is 3. The van der Waals surface area contributed by atoms with Gasteiger partial charge in [0.15, 0.2) is 0 Å². The first-order valence-electron chi connectivity index (χ1n) is 6.73. The topological polar surface area (TPSA) is 70.0 Å². The molecule has 0 bridgehead atoms. The van der Waals surface area contributed by atoms with E-state index in [0.717, 1.165) is 11.1 Å². The van der Waals surface area contributed by atoms with Crippen LogP contribution in [0.25, 0.3) is 6.08 Å². The summed E-state index contributed by atoms with van der Waals surface area (Å²) >= 11 is 0. The Labute approximate surface area is 130 Å². The van der Waals surface area contributed by atoms with E-state index in [-0.39, 0.29) is 4.90 Å². The predicted octanol–water partition coefficient (Wildman–Crippen LogP) is 2.88. The lowest BCUT2D eigenvalue weighted by atomic mass is 10.2. The third kappa shape index (κ3) is 4.29. The van der Waals surface area contributed by atoms with E-state index >= 15 is 0 Å². The zero-order valence-electron chi connectivity index (χ0n) is 12.1. The second-order valence-corrected chi connectivity index (χ2v) is 6.52. The summed E-state index contributed by atoms with van der Waals surface area (Å²) < 4.78 is 26.8. The van der Waals surface area contributed by atoms with Crippen LogP contribution >= 0.6 is 0 Å². The maximum absolute atomic E-state index is 12.2. The van der Waals surface area contributed by atoms with E-state index in [1.165, 1.54) is 18.2 Å². The van der Waals surface area contributed by atoms with Gasteiger partial charge in [-0.2, -0.15) is 9.98 Å². The van der Waals surface area contributed by atoms with Gasteiger partial charge < -0.3 is 0 Å². The largest absolute Gasteiger partial charge is 0.241 e. The van der Waals surface area contributed by atoms with Crippen molar-refractivity contribution in [3.8, 4) is 6.07 Å². The van der Waals surface area contributed by atoms with Crippen LogP contribution in [0.5, 0.6) is 0 Å². The van der Waals surface area contributed by atoms with E-state index in [1.807, 2.05) is 43.3 Å². The van der Waals surface area contributed by atoms with Crippen LogP contribution in [0.1, 0.15) is 11.1 Å². The molecule has 5 heteroatoms. The fourth-order valence-electron chi connectivity index (χ4n) is 1.83. The Kier molecular flexibility index (Phi) is 5.10. The molecular weight excluding hydrogens is 296 g/mol. The maximum atomic E-state index is 12.2. The zero-order valence-corrected chi connectivity index (χ0v) is 12.9. The lowest BCUT2D eigenvalue weighted by molar-refractivity contribution is 0.581. The van der Waals surface area contributed by atoms with Gasteiger partial charge in [-0.25, -0.2) is 8.42 Å². The van der Waals surface area contributed by atoms with Gasteiger partial charge in [0.1, 0.15) is 6.04 Å². The molecule has 1 unspecified atom stereocenters. The van der Waals surface area contributed by atoms with Crippen LogP contribution in [-0.4, -0.2) is 14.5 Å². The molecule has 2 aromatic carbocycles. The summed E-state index contributed by atoms with van der Waals surface area (Å²) in [6, 6.07) is 16.9. The van der Waals surface area contributed by atoms with Gasteiger partial charge in [-0.1, -0.05) is 60.2 Å². The van der Waals surface area contributed by atoms with Gasteiger partial charge >= 0.3 is 0 Å². The Morgan fingerprint density at radius 2 is 1.73 bits per heavy atom. The molecule has 0 fully saturated rings. The van der Waals surface area contributed by atoms with Crippen molar-refractivity contribution in [3.05, 3.63) is 71.8 Å². The van der Waals surface area contributed by atoms with Crippen LogP contribution in [-0.2, 0) is 10.0 Å². The van der Waals surface area contributed by atoms with Crippen LogP contribution in [0.3, 0.4) is 0 Å². The first kappa shape index (κ1) is 16.0. The molecular formula is C17H16N2O2S. The van der Waals surface area contributed by atoms with Gasteiger partial charge in [0.25, 0.3) is 0 Å². The molecule has 0 spiro atoms. The van der Waals surface area contributed by atoms with Crippen molar-refractivity contribution < 1.29 is 8.42 Å². The van der Waals surface area contributed by atoms with Gasteiger partial charge in [0, 0.05) is 0 Å². The van der Waals surface area contributed by atoms with Crippen molar-refractivity contribution in [1.82, 2.24) is 4.72 Å². The van der Waals surface area contributed by atoms with Crippen LogP contribution in [0, 0.1) is 18.3 Å². The van der Waals surface area contributed by atoms with E-state index in [9.17, 15) is 8.42 Å². The molecule has 0 aromatic heterocycles. The molecule has 0 saturated heterocycles. The average molecular weight is 312 g/mol. The maximum Gasteiger partial charge on any atom is 0.241 e. The zero-order chi connectivity index (χ0) is 16.0. The Morgan fingerprint density at radius 3 is 2.32 bits per heavy atom. The van der Waals surface area contributed by atoms with Gasteiger partial charge in [-0.3, -0.25) is 0 Å². The molecule has 1 N–H and O–H groups in total. The number of hydrogen-bond donors (Lipinski definition) is 1. The Bertz CT molecular complexity index is 789. The highest BCUT2D eigenvalue weighted by molar-refractivity contribution is 7.89. The molecule has 0 saturated carbocycles. The SMILES string of the molecule is Cc1ccc(S(=O)(=O)NC(C#N)/C=C/c2ccccc2)cc1. The smallest absolute Gasteiger partial charge is 0.207 e. The fraction of sp³-hybridized carbons (Fsp3) is 0.118. The third-order valence-electron chi connectivity index (χ3n) is 3.03. The monoisotopic (exact) mass is 312 g/mol. The number of aryl methyl sites for hydroxylation is 1. The molecule has 22 heavy (non-hydrogen) atoms. The van der Waals surface area contributed by atoms with E-state index in [1.54, 1.807) is 18.2 Å². The molecule has 0 heterocycles. The molecule has 2 rings (SSSR count). The molecule has 1 atom stereocenters. The summed E-state index contributed by atoms with van der Waals surface area (Å²) in [5.74, 6) is 0. The summed E-state index contributed by atoms with van der Waals surface area (Å²) in [6.45, 7) is 1.88. The molecule has 0 aliphatic carbocycles. The minimum Gasteiger partial charge on any atom is -0.207 e. The van der Waals surface area contributed by atoms with Gasteiger partial charge in [-0.05, 0) is 24.6 Å². The van der Waals surface area contributed by atoms with Crippen LogP contribution in [0.4, 0.5) is 0 Å². The summed E-state index contributed by atoms with van der Waals surface area (Å²) in [4.78, 5) is 0.145. The quantitative estimate of drug-likeness (QED) is 0.923. The highest BCUT2D eigenvalue weighted by atomic mass is 32.2. The molecule has 4 nitrogen and oxygen atoms in total. The van der Waals surface area contributed by atoms with E-state index in [0.29, 0.717) is 0 Å². The van der Waals surface area contributed by atoms with Crippen molar-refractivity contribution in [2.75, 3.05) is 0 Å². The molecule has 0 aliphatic heterocycles. The number of nitrogens with one attached hydrogen (secondary N) is 1. The lowest BCUT2D eigenvalue weighted by Gasteiger charge is -2.09. The summed E-state index contributed by atoms with van der Waals surface area (Å²) in [6.07, 6.45) is 3.24. The minimum absolute atomic E-state index is 0.145. The van der Waals surface area contributed by atoms with E-state index in [2.05, 4.69) is 4.72 Å². The van der Waals surface area contributed by atoms with Gasteiger partial charge in [0.05, 0.1) is 11.0 Å². The lowest BCUT2D eigenvalue weighted by Crippen LogP contribution is -2.32. The third-order valence-corrected chi connectivity index (χ3v) is 4.49. The second kappa shape index (κ2) is 7.03. The number of nitriles is 1. The number of sulfonamides is 1. The molecule has 0 aliphatic rings. The number of rotatable bonds is 5. The van der Waals surface area contributed by atoms with E-state index < -0.39 is 16.1 Å². The van der Waals surface area contributed by atoms with Crippen molar-refractivity contribution in [1.29, 1.82) is 5.26 Å². The summed E-state index contributed by atoms with van der Waals surface area (Å²) in [5.41, 5.74) is 1.87. The summed E-state index contributed by atoms with van der Waals surface area (Å²) in [7, 11) is -3.72. The molecule has 112 valence electrons. The second-order valence-electron chi connectivity index (χ2n) is 4.81.